The molecule has 9 heteroatoms. The first kappa shape index (κ1) is 29.6. The van der Waals surface area contributed by atoms with Gasteiger partial charge in [0.25, 0.3) is 0 Å². The summed E-state index contributed by atoms with van der Waals surface area (Å²) in [4.78, 5) is 31.0. The molecule has 0 bridgehead atoms. The van der Waals surface area contributed by atoms with E-state index in [0.717, 1.165) is 38.0 Å². The van der Waals surface area contributed by atoms with Gasteiger partial charge in [-0.15, -0.1) is 0 Å². The van der Waals surface area contributed by atoms with Gasteiger partial charge in [0.15, 0.2) is 5.60 Å². The van der Waals surface area contributed by atoms with Crippen molar-refractivity contribution in [3.05, 3.63) is 24.0 Å². The van der Waals surface area contributed by atoms with Crippen LogP contribution in [0.5, 0.6) is 5.75 Å². The van der Waals surface area contributed by atoms with Crippen molar-refractivity contribution < 1.29 is 33.3 Å². The molecule has 1 amide bonds. The molecular weight excluding hydrogens is 500 g/mol. The van der Waals surface area contributed by atoms with Gasteiger partial charge in [0.1, 0.15) is 11.4 Å². The van der Waals surface area contributed by atoms with Crippen LogP contribution in [0.4, 0.5) is 4.79 Å². The molecule has 0 radical (unpaired) electrons. The molecule has 9 nitrogen and oxygen atoms in total. The van der Waals surface area contributed by atoms with E-state index in [9.17, 15) is 9.59 Å². The van der Waals surface area contributed by atoms with Crippen LogP contribution in [0.25, 0.3) is 0 Å². The molecule has 1 aromatic heterocycles. The van der Waals surface area contributed by atoms with Crippen molar-refractivity contribution in [3.63, 3.8) is 0 Å². The average molecular weight is 547 g/mol. The molecule has 3 aliphatic rings. The van der Waals surface area contributed by atoms with Gasteiger partial charge >= 0.3 is 12.1 Å². The molecule has 2 aliphatic carbocycles. The molecule has 2 atom stereocenters. The molecule has 1 N–H and O–H groups in total. The van der Waals surface area contributed by atoms with Gasteiger partial charge in [-0.2, -0.15) is 0 Å². The second-order valence-electron chi connectivity index (χ2n) is 12.9. The van der Waals surface area contributed by atoms with Crippen LogP contribution in [0, 0.1) is 11.8 Å². The number of nitrogens with zero attached hydrogens (tertiary/aromatic N) is 1. The minimum atomic E-state index is -1.56. The normalized spacial score (nSPS) is 27.5. The summed E-state index contributed by atoms with van der Waals surface area (Å²) in [7, 11) is 0. The Morgan fingerprint density at radius 3 is 2.51 bits per heavy atom. The van der Waals surface area contributed by atoms with Crippen molar-refractivity contribution in [1.29, 1.82) is 0 Å². The van der Waals surface area contributed by atoms with E-state index in [-0.39, 0.29) is 19.1 Å². The van der Waals surface area contributed by atoms with E-state index in [4.69, 9.17) is 23.7 Å². The maximum absolute atomic E-state index is 13.6. The number of alkyl carbamates (subject to hydrolysis) is 1. The Morgan fingerprint density at radius 2 is 1.90 bits per heavy atom. The van der Waals surface area contributed by atoms with Crippen molar-refractivity contribution in [2.75, 3.05) is 13.2 Å². The molecule has 0 spiro atoms. The second kappa shape index (κ2) is 12.0. The lowest BCUT2D eigenvalue weighted by Gasteiger charge is -2.35. The molecule has 3 fully saturated rings. The summed E-state index contributed by atoms with van der Waals surface area (Å²) in [5.74, 6) is 0.368. The molecule has 218 valence electrons. The summed E-state index contributed by atoms with van der Waals surface area (Å²) in [6, 6.07) is 2.82. The van der Waals surface area contributed by atoms with E-state index in [0.29, 0.717) is 24.0 Å². The number of carbonyl (C=O) groups is 2. The highest BCUT2D eigenvalue weighted by Crippen LogP contribution is 2.38. The highest BCUT2D eigenvalue weighted by Gasteiger charge is 2.59. The zero-order chi connectivity index (χ0) is 28.3. The molecule has 0 aromatic carbocycles. The minimum Gasteiger partial charge on any atom is -0.490 e. The Bertz CT molecular complexity index is 995. The van der Waals surface area contributed by atoms with Crippen LogP contribution in [0.1, 0.15) is 92.2 Å². The summed E-state index contributed by atoms with van der Waals surface area (Å²) in [5.41, 5.74) is -1.68. The Morgan fingerprint density at radius 1 is 1.18 bits per heavy atom. The zero-order valence-corrected chi connectivity index (χ0v) is 24.4. The first-order chi connectivity index (χ1) is 18.3. The molecule has 1 aromatic rings. The van der Waals surface area contributed by atoms with Crippen LogP contribution in [-0.4, -0.2) is 59.4 Å². The molecule has 1 aliphatic heterocycles. The molecule has 1 saturated heterocycles. The lowest BCUT2D eigenvalue weighted by atomic mass is 9.88. The van der Waals surface area contributed by atoms with E-state index in [2.05, 4.69) is 17.2 Å². The highest BCUT2D eigenvalue weighted by atomic mass is 16.8. The average Bonchev–Trinajstić information content (AvgIpc) is 3.61. The number of nitrogens with one attached hydrogen (secondary N) is 1. The van der Waals surface area contributed by atoms with E-state index < -0.39 is 35.1 Å². The molecule has 4 rings (SSSR count). The highest BCUT2D eigenvalue weighted by molar-refractivity contribution is 5.84. The molecule has 39 heavy (non-hydrogen) atoms. The topological polar surface area (TPSA) is 105 Å². The first-order valence-corrected chi connectivity index (χ1v) is 14.5. The van der Waals surface area contributed by atoms with Crippen LogP contribution in [-0.2, 0) is 30.2 Å². The summed E-state index contributed by atoms with van der Waals surface area (Å²) >= 11 is 0. The largest absolute Gasteiger partial charge is 0.490 e. The van der Waals surface area contributed by atoms with Gasteiger partial charge in [0, 0.05) is 44.8 Å². The number of amides is 1. The predicted molar refractivity (Wildman–Crippen MR) is 145 cm³/mol. The number of aromatic nitrogens is 1. The van der Waals surface area contributed by atoms with Gasteiger partial charge in [-0.25, -0.2) is 9.59 Å². The maximum atomic E-state index is 13.6. The van der Waals surface area contributed by atoms with Gasteiger partial charge in [-0.3, -0.25) is 4.98 Å². The third kappa shape index (κ3) is 8.55. The number of ether oxygens (including phenoxy) is 5. The predicted octanol–water partition coefficient (Wildman–Crippen LogP) is 5.34. The smallest absolute Gasteiger partial charge is 0.408 e. The standard InChI is InChI=1S/C30H46N2O7/c1-20-7-11-23(12-8-20)36-24-13-15-31-22(17-24)18-30(26(33)37-29(5,6)39-30)25(19-35-16-14-21-9-10-21)32-27(34)38-28(2,3)4/h13,15,17,20-21,23,25H,7-12,14,16,18-19H2,1-6H3,(H,32,34)/t20-,23-,25-,30+/m0/s1. The van der Waals surface area contributed by atoms with Crippen molar-refractivity contribution in [1.82, 2.24) is 10.3 Å². The van der Waals surface area contributed by atoms with Crippen LogP contribution in [0.3, 0.4) is 0 Å². The van der Waals surface area contributed by atoms with E-state index in [1.807, 2.05) is 12.1 Å². The van der Waals surface area contributed by atoms with Gasteiger partial charge in [-0.1, -0.05) is 19.8 Å². The Labute approximate surface area is 232 Å². The number of carbonyl (C=O) groups excluding carboxylic acids is 2. The minimum absolute atomic E-state index is 0.0631. The van der Waals surface area contributed by atoms with E-state index in [1.165, 1.54) is 12.8 Å². The van der Waals surface area contributed by atoms with Crippen LogP contribution in [0.15, 0.2) is 18.3 Å². The lowest BCUT2D eigenvalue weighted by molar-refractivity contribution is -0.172. The molecular formula is C30H46N2O7. The fourth-order valence-corrected chi connectivity index (χ4v) is 5.29. The van der Waals surface area contributed by atoms with E-state index >= 15 is 0 Å². The van der Waals surface area contributed by atoms with E-state index in [1.54, 1.807) is 40.8 Å². The third-order valence-electron chi connectivity index (χ3n) is 7.52. The summed E-state index contributed by atoms with van der Waals surface area (Å²) < 4.78 is 29.8. The fourth-order valence-electron chi connectivity index (χ4n) is 5.29. The Kier molecular flexibility index (Phi) is 9.11. The quantitative estimate of drug-likeness (QED) is 0.293. The fraction of sp³-hybridized carbons (Fsp3) is 0.767. The Balaban J connectivity index is 1.56. The Hall–Kier alpha value is -2.39. The second-order valence-corrected chi connectivity index (χ2v) is 12.9. The number of hydrogen-bond acceptors (Lipinski definition) is 8. The molecule has 2 heterocycles. The monoisotopic (exact) mass is 546 g/mol. The number of pyridine rings is 1. The lowest BCUT2D eigenvalue weighted by Crippen LogP contribution is -2.61. The van der Waals surface area contributed by atoms with Crippen molar-refractivity contribution >= 4 is 12.1 Å². The van der Waals surface area contributed by atoms with Crippen LogP contribution >= 0.6 is 0 Å². The summed E-state index contributed by atoms with van der Waals surface area (Å²) in [6.45, 7) is 11.6. The number of esters is 1. The third-order valence-corrected chi connectivity index (χ3v) is 7.52. The van der Waals surface area contributed by atoms with Crippen LogP contribution in [0.2, 0.25) is 0 Å². The molecule has 0 unspecified atom stereocenters. The number of rotatable bonds is 11. The van der Waals surface area contributed by atoms with Crippen molar-refractivity contribution in [3.8, 4) is 5.75 Å². The first-order valence-electron chi connectivity index (χ1n) is 14.5. The number of cyclic esters (lactones) is 1. The summed E-state index contributed by atoms with van der Waals surface area (Å²) in [6.07, 6.45) is 8.99. The van der Waals surface area contributed by atoms with Gasteiger partial charge < -0.3 is 29.0 Å². The zero-order valence-electron chi connectivity index (χ0n) is 24.4. The maximum Gasteiger partial charge on any atom is 0.408 e. The van der Waals surface area contributed by atoms with Gasteiger partial charge in [0.05, 0.1) is 18.8 Å². The number of hydrogen-bond donors (Lipinski definition) is 1. The van der Waals surface area contributed by atoms with Gasteiger partial charge in [-0.05, 0) is 70.8 Å². The van der Waals surface area contributed by atoms with Crippen LogP contribution < -0.4 is 10.1 Å². The summed E-state index contributed by atoms with van der Waals surface area (Å²) in [5, 5.41) is 2.86. The van der Waals surface area contributed by atoms with Crippen molar-refractivity contribution in [2.45, 2.75) is 122 Å². The van der Waals surface area contributed by atoms with Crippen molar-refractivity contribution in [2.24, 2.45) is 11.8 Å². The SMILES string of the molecule is CC(C)(C)OC(=O)N[C@@H](COCCC1CC1)[C@@]1(Cc2cc(O[C@H]3CC[C@H](C)CC3)ccn2)OC(C)(C)OC1=O. The van der Waals surface area contributed by atoms with Gasteiger partial charge in [0.2, 0.25) is 5.79 Å². The molecule has 2 saturated carbocycles.